The van der Waals surface area contributed by atoms with Crippen LogP contribution in [0, 0.1) is 0 Å². The van der Waals surface area contributed by atoms with Crippen molar-refractivity contribution in [1.29, 1.82) is 0 Å². The van der Waals surface area contributed by atoms with E-state index in [4.69, 9.17) is 4.99 Å². The molecule has 164 valence electrons. The first kappa shape index (κ1) is 22.5. The van der Waals surface area contributed by atoms with Crippen LogP contribution in [0.5, 0.6) is 0 Å². The summed E-state index contributed by atoms with van der Waals surface area (Å²) in [5.74, 6) is 0.830. The van der Waals surface area contributed by atoms with E-state index in [2.05, 4.69) is 88.9 Å². The first-order valence-electron chi connectivity index (χ1n) is 11.0. The summed E-state index contributed by atoms with van der Waals surface area (Å²) in [6.07, 6.45) is 3.23. The average Bonchev–Trinajstić information content (AvgIpc) is 3.36. The predicted molar refractivity (Wildman–Crippen MR) is 126 cm³/mol. The number of hydrogen-bond donors (Lipinski definition) is 2. The highest BCUT2D eigenvalue weighted by molar-refractivity contribution is 5.79. The molecule has 0 fully saturated rings. The number of nitrogens with one attached hydrogen (secondary N) is 2. The van der Waals surface area contributed by atoms with Crippen LogP contribution >= 0.6 is 0 Å². The molecule has 0 saturated carbocycles. The molecule has 0 spiro atoms. The van der Waals surface area contributed by atoms with E-state index in [-0.39, 0.29) is 0 Å². The molecule has 0 aliphatic rings. The van der Waals surface area contributed by atoms with Crippen molar-refractivity contribution in [2.24, 2.45) is 4.99 Å². The van der Waals surface area contributed by atoms with Crippen LogP contribution in [0.4, 0.5) is 0 Å². The summed E-state index contributed by atoms with van der Waals surface area (Å²) >= 11 is 0. The van der Waals surface area contributed by atoms with Crippen molar-refractivity contribution in [2.45, 2.75) is 33.4 Å². The number of hydrogen-bond acceptors (Lipinski definition) is 4. The van der Waals surface area contributed by atoms with Crippen molar-refractivity contribution in [2.75, 3.05) is 26.2 Å². The fraction of sp³-hybridized carbons (Fsp3) is 0.375. The minimum Gasteiger partial charge on any atom is -0.357 e. The Balaban J connectivity index is 1.66. The van der Waals surface area contributed by atoms with Gasteiger partial charge in [-0.15, -0.1) is 0 Å². The monoisotopic (exact) mass is 419 g/mol. The number of benzene rings is 2. The molecule has 0 aliphatic carbocycles. The van der Waals surface area contributed by atoms with E-state index >= 15 is 0 Å². The van der Waals surface area contributed by atoms with Crippen molar-refractivity contribution in [3.8, 4) is 5.69 Å². The van der Waals surface area contributed by atoms with Crippen molar-refractivity contribution in [3.05, 3.63) is 78.4 Å². The van der Waals surface area contributed by atoms with Crippen LogP contribution in [0.25, 0.3) is 5.69 Å². The van der Waals surface area contributed by atoms with Gasteiger partial charge in [0.1, 0.15) is 12.7 Å². The zero-order chi connectivity index (χ0) is 21.9. The van der Waals surface area contributed by atoms with Gasteiger partial charge in [-0.2, -0.15) is 5.10 Å². The standard InChI is InChI=1S/C24H33N7/c1-4-26-24(27-16-20-12-14-22(15-13-20)31-19-25-18-29-31)28-17-23(30(5-2)6-3)21-10-8-7-9-11-21/h7-15,18-19,23H,4-6,16-17H2,1-3H3,(H2,26,27,28). The third-order valence-corrected chi connectivity index (χ3v) is 5.28. The lowest BCUT2D eigenvalue weighted by Crippen LogP contribution is -2.43. The second kappa shape index (κ2) is 11.9. The van der Waals surface area contributed by atoms with Crippen molar-refractivity contribution < 1.29 is 0 Å². The van der Waals surface area contributed by atoms with E-state index < -0.39 is 0 Å². The second-order valence-electron chi connectivity index (χ2n) is 7.23. The summed E-state index contributed by atoms with van der Waals surface area (Å²) in [6.45, 7) is 10.7. The fourth-order valence-electron chi connectivity index (χ4n) is 3.60. The van der Waals surface area contributed by atoms with Crippen LogP contribution in [0.15, 0.2) is 72.2 Å². The van der Waals surface area contributed by atoms with Gasteiger partial charge >= 0.3 is 0 Å². The third kappa shape index (κ3) is 6.39. The van der Waals surface area contributed by atoms with Gasteiger partial charge in [0.25, 0.3) is 0 Å². The van der Waals surface area contributed by atoms with Gasteiger partial charge in [-0.05, 0) is 43.3 Å². The molecule has 1 atom stereocenters. The molecule has 0 saturated heterocycles. The van der Waals surface area contributed by atoms with Gasteiger partial charge in [-0.25, -0.2) is 14.7 Å². The van der Waals surface area contributed by atoms with Crippen LogP contribution in [0.1, 0.15) is 37.9 Å². The average molecular weight is 420 g/mol. The summed E-state index contributed by atoms with van der Waals surface area (Å²) < 4.78 is 1.75. The molecular weight excluding hydrogens is 386 g/mol. The topological polar surface area (TPSA) is 70.4 Å². The number of aromatic nitrogens is 3. The Morgan fingerprint density at radius 2 is 1.74 bits per heavy atom. The van der Waals surface area contributed by atoms with E-state index in [0.29, 0.717) is 12.6 Å². The van der Waals surface area contributed by atoms with E-state index in [9.17, 15) is 0 Å². The van der Waals surface area contributed by atoms with Gasteiger partial charge in [-0.3, -0.25) is 4.90 Å². The van der Waals surface area contributed by atoms with E-state index in [1.807, 2.05) is 12.1 Å². The molecule has 3 rings (SSSR count). The van der Waals surface area contributed by atoms with Crippen LogP contribution in [-0.2, 0) is 6.54 Å². The van der Waals surface area contributed by atoms with Crippen molar-refractivity contribution in [1.82, 2.24) is 30.3 Å². The molecule has 0 bridgehead atoms. The highest BCUT2D eigenvalue weighted by Crippen LogP contribution is 2.19. The normalized spacial score (nSPS) is 12.7. The molecule has 0 amide bonds. The lowest BCUT2D eigenvalue weighted by molar-refractivity contribution is 0.219. The SMILES string of the molecule is CCNC(=NCc1ccc(-n2cncn2)cc1)NCC(c1ccccc1)N(CC)CC. The molecule has 1 heterocycles. The lowest BCUT2D eigenvalue weighted by atomic mass is 10.1. The molecule has 7 heteroatoms. The number of guanidine groups is 1. The molecule has 0 aliphatic heterocycles. The van der Waals surface area contributed by atoms with Crippen LogP contribution in [0.2, 0.25) is 0 Å². The van der Waals surface area contributed by atoms with Crippen molar-refractivity contribution in [3.63, 3.8) is 0 Å². The predicted octanol–water partition coefficient (Wildman–Crippen LogP) is 3.41. The molecule has 3 aromatic rings. The Bertz CT molecular complexity index is 901. The van der Waals surface area contributed by atoms with Gasteiger partial charge < -0.3 is 10.6 Å². The summed E-state index contributed by atoms with van der Waals surface area (Å²) in [7, 11) is 0. The quantitative estimate of drug-likeness (QED) is 0.389. The Morgan fingerprint density at radius 1 is 1.00 bits per heavy atom. The molecule has 2 N–H and O–H groups in total. The minimum atomic E-state index is 0.294. The van der Waals surface area contributed by atoms with E-state index in [1.165, 1.54) is 11.9 Å². The van der Waals surface area contributed by atoms with Crippen LogP contribution in [0.3, 0.4) is 0 Å². The summed E-state index contributed by atoms with van der Waals surface area (Å²) in [5.41, 5.74) is 3.45. The van der Waals surface area contributed by atoms with E-state index in [1.54, 1.807) is 11.0 Å². The van der Waals surface area contributed by atoms with Gasteiger partial charge in [-0.1, -0.05) is 56.3 Å². The molecule has 1 unspecified atom stereocenters. The molecule has 2 aromatic carbocycles. The summed E-state index contributed by atoms with van der Waals surface area (Å²) in [5, 5.41) is 11.1. The zero-order valence-electron chi connectivity index (χ0n) is 18.7. The largest absolute Gasteiger partial charge is 0.357 e. The summed E-state index contributed by atoms with van der Waals surface area (Å²) in [4.78, 5) is 11.3. The van der Waals surface area contributed by atoms with Gasteiger partial charge in [0, 0.05) is 13.1 Å². The van der Waals surface area contributed by atoms with Crippen molar-refractivity contribution >= 4 is 5.96 Å². The number of aliphatic imine (C=N–C) groups is 1. The Morgan fingerprint density at radius 3 is 2.35 bits per heavy atom. The molecule has 7 nitrogen and oxygen atoms in total. The molecule has 31 heavy (non-hydrogen) atoms. The molecular formula is C24H33N7. The number of likely N-dealkylation sites (N-methyl/N-ethyl adjacent to an activating group) is 1. The Hall–Kier alpha value is -3.19. The van der Waals surface area contributed by atoms with E-state index in [0.717, 1.165) is 43.4 Å². The smallest absolute Gasteiger partial charge is 0.191 e. The maximum Gasteiger partial charge on any atom is 0.191 e. The number of rotatable bonds is 10. The Kier molecular flexibility index (Phi) is 8.60. The lowest BCUT2D eigenvalue weighted by Gasteiger charge is -2.30. The maximum absolute atomic E-state index is 4.79. The highest BCUT2D eigenvalue weighted by Gasteiger charge is 2.18. The fourth-order valence-corrected chi connectivity index (χ4v) is 3.60. The molecule has 1 aromatic heterocycles. The van der Waals surface area contributed by atoms with Gasteiger partial charge in [0.2, 0.25) is 0 Å². The van der Waals surface area contributed by atoms with Crippen LogP contribution < -0.4 is 10.6 Å². The third-order valence-electron chi connectivity index (χ3n) is 5.28. The highest BCUT2D eigenvalue weighted by atomic mass is 15.3. The van der Waals surface area contributed by atoms with Gasteiger partial charge in [0.05, 0.1) is 18.3 Å². The second-order valence-corrected chi connectivity index (χ2v) is 7.23. The first-order chi connectivity index (χ1) is 15.2. The minimum absolute atomic E-state index is 0.294. The van der Waals surface area contributed by atoms with Crippen LogP contribution in [-0.4, -0.2) is 51.8 Å². The molecule has 0 radical (unpaired) electrons. The van der Waals surface area contributed by atoms with Gasteiger partial charge in [0.15, 0.2) is 5.96 Å². The maximum atomic E-state index is 4.79. The zero-order valence-corrected chi connectivity index (χ0v) is 18.7. The Labute approximate surface area is 185 Å². The summed E-state index contributed by atoms with van der Waals surface area (Å²) in [6, 6.07) is 19.2. The first-order valence-corrected chi connectivity index (χ1v) is 11.0. The number of nitrogens with zero attached hydrogens (tertiary/aromatic N) is 5.